The van der Waals surface area contributed by atoms with E-state index in [1.807, 2.05) is 18.2 Å². The number of hydrogen-bond acceptors (Lipinski definition) is 12. The first-order chi connectivity index (χ1) is 34.1. The standard InChI is InChI=1S/C53H54F3N5O10/c54-53(55,56)71-46-24-35(14-15-36(46)28-57-29-45(63)42-16-18-44(62)49-43(42)17-19-47(64)60-49)50(66)59-40-26-39(27-40)58-48(65)32-69-41-13-7-12-38(25-41)52(68,37-10-5-2-6-11-37)51(67)70-31-34-20-22-61(23-21-34)30-33-8-3-1-4-9-33/h1-19,24-25,34,39-40,45,57,62-63,68H,20-23,26-32H2,(H,58,65)(H,59,66)(H,60,64)/t39?,40?,45-,52?/m0/s1. The van der Waals surface area contributed by atoms with Crippen LogP contribution in [0.2, 0.25) is 0 Å². The van der Waals surface area contributed by atoms with E-state index >= 15 is 0 Å². The van der Waals surface area contributed by atoms with Crippen molar-refractivity contribution in [1.82, 2.24) is 25.8 Å². The maximum absolute atomic E-state index is 13.9. The minimum atomic E-state index is -5.07. The number of amides is 2. The Labute approximate surface area is 406 Å². The molecule has 1 aliphatic heterocycles. The summed E-state index contributed by atoms with van der Waals surface area (Å²) in [4.78, 5) is 56.7. The smallest absolute Gasteiger partial charge is 0.506 e. The molecule has 1 saturated heterocycles. The molecule has 1 saturated carbocycles. The van der Waals surface area contributed by atoms with Crippen molar-refractivity contribution < 1.29 is 57.1 Å². The lowest BCUT2D eigenvalue weighted by molar-refractivity contribution is -0.275. The Balaban J connectivity index is 0.804. The molecule has 8 rings (SSSR count). The molecular formula is C53H54F3N5O10. The van der Waals surface area contributed by atoms with Crippen LogP contribution in [0.5, 0.6) is 17.2 Å². The van der Waals surface area contributed by atoms with Gasteiger partial charge in [-0.3, -0.25) is 19.3 Å². The number of halogens is 3. The number of rotatable bonds is 19. The molecule has 15 nitrogen and oxygen atoms in total. The summed E-state index contributed by atoms with van der Waals surface area (Å²) >= 11 is 0. The van der Waals surface area contributed by atoms with Gasteiger partial charge >= 0.3 is 12.3 Å². The van der Waals surface area contributed by atoms with E-state index in [0.29, 0.717) is 29.4 Å². The number of aromatic hydroxyl groups is 1. The number of H-pyrrole nitrogens is 1. The van der Waals surface area contributed by atoms with E-state index in [2.05, 4.69) is 42.7 Å². The van der Waals surface area contributed by atoms with Gasteiger partial charge in [-0.1, -0.05) is 84.9 Å². The van der Waals surface area contributed by atoms with E-state index in [1.165, 1.54) is 48.0 Å². The summed E-state index contributed by atoms with van der Waals surface area (Å²) in [5.74, 6) is -2.39. The fourth-order valence-corrected chi connectivity index (χ4v) is 8.95. The van der Waals surface area contributed by atoms with E-state index in [9.17, 15) is 47.7 Å². The molecule has 0 bridgehead atoms. The van der Waals surface area contributed by atoms with Gasteiger partial charge in [-0.2, -0.15) is 0 Å². The highest BCUT2D eigenvalue weighted by Gasteiger charge is 2.43. The summed E-state index contributed by atoms with van der Waals surface area (Å²) in [6.45, 7) is 2.03. The van der Waals surface area contributed by atoms with Gasteiger partial charge in [0.05, 0.1) is 18.2 Å². The van der Waals surface area contributed by atoms with Crippen molar-refractivity contribution in [2.75, 3.05) is 32.8 Å². The zero-order valence-electron chi connectivity index (χ0n) is 38.5. The molecule has 1 aromatic heterocycles. The number of esters is 1. The van der Waals surface area contributed by atoms with E-state index in [1.54, 1.807) is 48.5 Å². The third kappa shape index (κ3) is 12.8. The van der Waals surface area contributed by atoms with Crippen molar-refractivity contribution in [3.63, 3.8) is 0 Å². The molecule has 2 amide bonds. The molecule has 7 N–H and O–H groups in total. The fourth-order valence-electron chi connectivity index (χ4n) is 8.95. The second-order valence-corrected chi connectivity index (χ2v) is 17.9. The third-order valence-corrected chi connectivity index (χ3v) is 12.8. The van der Waals surface area contributed by atoms with Gasteiger partial charge in [0.2, 0.25) is 11.2 Å². The van der Waals surface area contributed by atoms with Gasteiger partial charge in [-0.15, -0.1) is 13.2 Å². The van der Waals surface area contributed by atoms with Gasteiger partial charge < -0.3 is 50.5 Å². The molecule has 6 aromatic rings. The number of piperidine rings is 1. The van der Waals surface area contributed by atoms with Gasteiger partial charge in [0.25, 0.3) is 11.8 Å². The second kappa shape index (κ2) is 22.2. The van der Waals surface area contributed by atoms with Crippen LogP contribution in [-0.2, 0) is 33.0 Å². The number of nitrogens with one attached hydrogen (secondary N) is 4. The number of aliphatic hydroxyl groups excluding tert-OH is 1. The maximum atomic E-state index is 13.9. The SMILES string of the molecule is O=C(COc1cccc(C(O)(C(=O)OCC2CCN(Cc3ccccc3)CC2)c2ccccc2)c1)NC1CC(NC(=O)c2ccc(CNC[C@H](O)c3ccc(O)c4[nH]c(=O)ccc34)c(OC(F)(F)F)c2)C1. The highest BCUT2D eigenvalue weighted by Crippen LogP contribution is 2.35. The van der Waals surface area contributed by atoms with Gasteiger partial charge in [0, 0.05) is 59.9 Å². The normalized spacial score (nSPS) is 17.6. The first kappa shape index (κ1) is 50.1. The number of phenolic OH excluding ortho intramolecular Hbond substituents is 1. The third-order valence-electron chi connectivity index (χ3n) is 12.8. The van der Waals surface area contributed by atoms with E-state index < -0.39 is 59.8 Å². The van der Waals surface area contributed by atoms with Gasteiger partial charge in [-0.05, 0) is 97.8 Å². The van der Waals surface area contributed by atoms with Crippen molar-refractivity contribution in [3.05, 3.63) is 171 Å². The van der Waals surface area contributed by atoms with Gasteiger partial charge in [0.15, 0.2) is 6.61 Å². The maximum Gasteiger partial charge on any atom is 0.573 e. The quantitative estimate of drug-likeness (QED) is 0.0459. The molecule has 2 atom stereocenters. The molecule has 2 heterocycles. The number of aromatic nitrogens is 1. The second-order valence-electron chi connectivity index (χ2n) is 17.9. The molecule has 18 heteroatoms. The zero-order chi connectivity index (χ0) is 50.1. The lowest BCUT2D eigenvalue weighted by Gasteiger charge is -2.36. The van der Waals surface area contributed by atoms with Crippen LogP contribution in [0, 0.1) is 5.92 Å². The van der Waals surface area contributed by atoms with Crippen LogP contribution in [0.15, 0.2) is 132 Å². The molecule has 372 valence electrons. The Morgan fingerprint density at radius 2 is 1.52 bits per heavy atom. The number of phenols is 1. The van der Waals surface area contributed by atoms with Crippen LogP contribution >= 0.6 is 0 Å². The largest absolute Gasteiger partial charge is 0.573 e. The van der Waals surface area contributed by atoms with Crippen LogP contribution in [0.25, 0.3) is 10.9 Å². The van der Waals surface area contributed by atoms with Crippen molar-refractivity contribution in [2.45, 2.75) is 68.9 Å². The number of fused-ring (bicyclic) bond motifs is 1. The molecule has 71 heavy (non-hydrogen) atoms. The van der Waals surface area contributed by atoms with Gasteiger partial charge in [0.1, 0.15) is 17.2 Å². The lowest BCUT2D eigenvalue weighted by Crippen LogP contribution is -2.54. The Kier molecular flexibility index (Phi) is 15.7. The average molecular weight is 978 g/mol. The van der Waals surface area contributed by atoms with Crippen molar-refractivity contribution >= 4 is 28.7 Å². The first-order valence-corrected chi connectivity index (χ1v) is 23.3. The molecule has 2 aliphatic rings. The predicted octanol–water partition coefficient (Wildman–Crippen LogP) is 6.10. The molecule has 1 aliphatic carbocycles. The minimum Gasteiger partial charge on any atom is -0.506 e. The van der Waals surface area contributed by atoms with Crippen LogP contribution in [0.4, 0.5) is 13.2 Å². The van der Waals surface area contributed by atoms with Crippen LogP contribution in [-0.4, -0.2) is 94.3 Å². The Morgan fingerprint density at radius 1 is 0.817 bits per heavy atom. The summed E-state index contributed by atoms with van der Waals surface area (Å²) in [6, 6.07) is 33.4. The number of likely N-dealkylation sites (tertiary alicyclic amines) is 1. The number of nitrogens with zero attached hydrogens (tertiary/aromatic N) is 1. The highest BCUT2D eigenvalue weighted by molar-refractivity contribution is 5.95. The number of hydrogen-bond donors (Lipinski definition) is 7. The van der Waals surface area contributed by atoms with Crippen molar-refractivity contribution in [3.8, 4) is 17.2 Å². The highest BCUT2D eigenvalue weighted by atomic mass is 19.4. The summed E-state index contributed by atoms with van der Waals surface area (Å²) in [7, 11) is 0. The number of aliphatic hydroxyl groups is 2. The number of aromatic amines is 1. The summed E-state index contributed by atoms with van der Waals surface area (Å²) in [5.41, 5.74) is -0.428. The van der Waals surface area contributed by atoms with Crippen LogP contribution < -0.4 is 31.0 Å². The average Bonchev–Trinajstić information content (AvgIpc) is 3.35. The molecule has 1 unspecified atom stereocenters. The Morgan fingerprint density at radius 3 is 2.25 bits per heavy atom. The van der Waals surface area contributed by atoms with Crippen molar-refractivity contribution in [1.29, 1.82) is 0 Å². The number of pyridine rings is 1. The van der Waals surface area contributed by atoms with Gasteiger partial charge in [-0.25, -0.2) is 4.79 Å². The minimum absolute atomic E-state index is 0.0533. The molecule has 5 aromatic carbocycles. The first-order valence-electron chi connectivity index (χ1n) is 23.3. The number of carbonyl (C=O) groups excluding carboxylic acids is 3. The molecule has 0 spiro atoms. The van der Waals surface area contributed by atoms with E-state index in [-0.39, 0.29) is 65.4 Å². The summed E-state index contributed by atoms with van der Waals surface area (Å²) in [6.07, 6.45) is -3.88. The van der Waals surface area contributed by atoms with E-state index in [4.69, 9.17) is 9.47 Å². The summed E-state index contributed by atoms with van der Waals surface area (Å²) in [5, 5.41) is 42.1. The number of benzene rings is 5. The van der Waals surface area contributed by atoms with Crippen LogP contribution in [0.3, 0.4) is 0 Å². The number of alkyl halides is 3. The molecular weight excluding hydrogens is 924 g/mol. The Hall–Kier alpha value is -7.25. The summed E-state index contributed by atoms with van der Waals surface area (Å²) < 4.78 is 56.4. The zero-order valence-corrected chi connectivity index (χ0v) is 38.5. The fraction of sp³-hybridized carbons (Fsp3) is 0.321. The number of carbonyl (C=O) groups is 3. The molecule has 2 fully saturated rings. The van der Waals surface area contributed by atoms with Crippen LogP contribution in [0.1, 0.15) is 70.0 Å². The number of ether oxygens (including phenoxy) is 3. The lowest BCUT2D eigenvalue weighted by atomic mass is 9.86. The Bertz CT molecular complexity index is 2870. The van der Waals surface area contributed by atoms with E-state index in [0.717, 1.165) is 38.5 Å². The predicted molar refractivity (Wildman–Crippen MR) is 255 cm³/mol. The molecule has 0 radical (unpaired) electrons. The topological polar surface area (TPSA) is 212 Å². The monoisotopic (exact) mass is 977 g/mol. The van der Waals surface area contributed by atoms with Crippen molar-refractivity contribution in [2.24, 2.45) is 5.92 Å².